The smallest absolute Gasteiger partial charge is 0.391 e. The molecule has 0 amide bonds. The molecule has 0 bridgehead atoms. The quantitative estimate of drug-likeness (QED) is 0.273. The Morgan fingerprint density at radius 3 is 2.07 bits per heavy atom. The normalized spacial score (nSPS) is 13.1. The minimum atomic E-state index is -2.53. The second kappa shape index (κ2) is 13.5. The first kappa shape index (κ1) is 24.5. The molecule has 0 spiro atoms. The van der Waals surface area contributed by atoms with E-state index in [0.29, 0.717) is 25.7 Å². The van der Waals surface area contributed by atoms with Gasteiger partial charge in [0.1, 0.15) is 0 Å². The molecule has 0 heterocycles. The van der Waals surface area contributed by atoms with E-state index in [1.165, 1.54) is 11.1 Å². The van der Waals surface area contributed by atoms with Crippen molar-refractivity contribution in [3.63, 3.8) is 0 Å². The SMILES string of the molecule is CO[Si](CCCOCC(O)CCc1ccc(/C=C/c2ccccc2)cc1)(OC)OC. The highest BCUT2D eigenvalue weighted by Crippen LogP contribution is 2.15. The third kappa shape index (κ3) is 8.51. The van der Waals surface area contributed by atoms with Crippen molar-refractivity contribution in [2.45, 2.75) is 31.4 Å². The fourth-order valence-corrected chi connectivity index (χ4v) is 4.82. The van der Waals surface area contributed by atoms with Gasteiger partial charge in [0.25, 0.3) is 0 Å². The summed E-state index contributed by atoms with van der Waals surface area (Å²) in [5.41, 5.74) is 3.56. The Labute approximate surface area is 181 Å². The van der Waals surface area contributed by atoms with E-state index < -0.39 is 14.9 Å². The van der Waals surface area contributed by atoms with E-state index in [9.17, 15) is 5.11 Å². The molecule has 0 saturated heterocycles. The lowest BCUT2D eigenvalue weighted by Gasteiger charge is -2.24. The maximum atomic E-state index is 10.2. The standard InChI is InChI=1S/C24H34O5Si/c1-26-30(27-2,28-3)19-7-18-29-20-24(25)17-16-23-14-12-22(13-15-23)11-10-21-8-5-4-6-9-21/h4-6,8-15,24-25H,7,16-20H2,1-3H3/b11-10+. The minimum absolute atomic E-state index is 0.333. The zero-order chi connectivity index (χ0) is 21.7. The molecule has 5 nitrogen and oxygen atoms in total. The van der Waals surface area contributed by atoms with Crippen LogP contribution in [0, 0.1) is 0 Å². The van der Waals surface area contributed by atoms with Crippen LogP contribution in [0.5, 0.6) is 0 Å². The van der Waals surface area contributed by atoms with Crippen molar-refractivity contribution < 1.29 is 23.1 Å². The van der Waals surface area contributed by atoms with Crippen LogP contribution in [0.4, 0.5) is 0 Å². The number of hydrogen-bond donors (Lipinski definition) is 1. The van der Waals surface area contributed by atoms with Crippen LogP contribution < -0.4 is 0 Å². The van der Waals surface area contributed by atoms with Crippen LogP contribution in [-0.4, -0.2) is 54.6 Å². The van der Waals surface area contributed by atoms with Crippen LogP contribution in [0.2, 0.25) is 6.04 Å². The third-order valence-electron chi connectivity index (χ3n) is 5.03. The molecule has 2 rings (SSSR count). The van der Waals surface area contributed by atoms with Gasteiger partial charge in [-0.1, -0.05) is 66.7 Å². The van der Waals surface area contributed by atoms with Crippen LogP contribution in [0.15, 0.2) is 54.6 Å². The van der Waals surface area contributed by atoms with Gasteiger partial charge in [-0.15, -0.1) is 0 Å². The summed E-state index contributed by atoms with van der Waals surface area (Å²) >= 11 is 0. The predicted molar refractivity (Wildman–Crippen MR) is 123 cm³/mol. The van der Waals surface area contributed by atoms with Crippen molar-refractivity contribution in [2.24, 2.45) is 0 Å². The highest BCUT2D eigenvalue weighted by atomic mass is 28.4. The molecule has 0 radical (unpaired) electrons. The van der Waals surface area contributed by atoms with Gasteiger partial charge in [-0.05, 0) is 36.0 Å². The zero-order valence-corrected chi connectivity index (χ0v) is 19.3. The summed E-state index contributed by atoms with van der Waals surface area (Å²) in [6.45, 7) is 0.879. The van der Waals surface area contributed by atoms with Gasteiger partial charge in [-0.25, -0.2) is 0 Å². The van der Waals surface area contributed by atoms with Crippen molar-refractivity contribution in [3.8, 4) is 0 Å². The molecule has 0 fully saturated rings. The Kier molecular flexibility index (Phi) is 11.0. The summed E-state index contributed by atoms with van der Waals surface area (Å²) in [7, 11) is 2.29. The summed E-state index contributed by atoms with van der Waals surface area (Å²) in [5.74, 6) is 0. The van der Waals surface area contributed by atoms with Crippen LogP contribution >= 0.6 is 0 Å². The second-order valence-corrected chi connectivity index (χ2v) is 10.2. The predicted octanol–water partition coefficient (Wildman–Crippen LogP) is 4.44. The van der Waals surface area contributed by atoms with Gasteiger partial charge >= 0.3 is 8.80 Å². The summed E-state index contributed by atoms with van der Waals surface area (Å²) in [6.07, 6.45) is 6.00. The molecule has 1 N–H and O–H groups in total. The highest BCUT2D eigenvalue weighted by molar-refractivity contribution is 6.60. The lowest BCUT2D eigenvalue weighted by atomic mass is 10.0. The molecule has 2 aromatic carbocycles. The summed E-state index contributed by atoms with van der Waals surface area (Å²) in [6, 6.07) is 19.4. The van der Waals surface area contributed by atoms with Gasteiger partial charge < -0.3 is 23.1 Å². The molecule has 30 heavy (non-hydrogen) atoms. The molecule has 0 aliphatic heterocycles. The molecular weight excluding hydrogens is 396 g/mol. The molecule has 1 unspecified atom stereocenters. The monoisotopic (exact) mass is 430 g/mol. The van der Waals surface area contributed by atoms with Gasteiger partial charge in [0.05, 0.1) is 12.7 Å². The minimum Gasteiger partial charge on any atom is -0.391 e. The van der Waals surface area contributed by atoms with Crippen molar-refractivity contribution in [3.05, 3.63) is 71.3 Å². The van der Waals surface area contributed by atoms with Gasteiger partial charge in [-0.3, -0.25) is 0 Å². The summed E-state index contributed by atoms with van der Waals surface area (Å²) < 4.78 is 21.8. The van der Waals surface area contributed by atoms with Gasteiger partial charge in [0.15, 0.2) is 0 Å². The van der Waals surface area contributed by atoms with E-state index in [4.69, 9.17) is 18.0 Å². The van der Waals surface area contributed by atoms with Crippen molar-refractivity contribution in [1.29, 1.82) is 0 Å². The first-order chi connectivity index (χ1) is 14.6. The Hall–Kier alpha value is -1.80. The van der Waals surface area contributed by atoms with E-state index in [0.717, 1.165) is 18.4 Å². The average molecular weight is 431 g/mol. The third-order valence-corrected chi connectivity index (χ3v) is 7.86. The van der Waals surface area contributed by atoms with Gasteiger partial charge in [-0.2, -0.15) is 0 Å². The van der Waals surface area contributed by atoms with Gasteiger partial charge in [0.2, 0.25) is 0 Å². The van der Waals surface area contributed by atoms with Crippen molar-refractivity contribution in [1.82, 2.24) is 0 Å². The van der Waals surface area contributed by atoms with Crippen LogP contribution in [-0.2, 0) is 24.4 Å². The van der Waals surface area contributed by atoms with Crippen molar-refractivity contribution >= 4 is 21.0 Å². The number of aliphatic hydroxyl groups is 1. The summed E-state index contributed by atoms with van der Waals surface area (Å²) in [4.78, 5) is 0. The molecule has 6 heteroatoms. The molecule has 0 aliphatic rings. The van der Waals surface area contributed by atoms with Crippen LogP contribution in [0.1, 0.15) is 29.5 Å². The van der Waals surface area contributed by atoms with Crippen molar-refractivity contribution in [2.75, 3.05) is 34.5 Å². The Bertz CT molecular complexity index is 721. The largest absolute Gasteiger partial charge is 0.500 e. The fraction of sp³-hybridized carbons (Fsp3) is 0.417. The van der Waals surface area contributed by atoms with Crippen LogP contribution in [0.3, 0.4) is 0 Å². The topological polar surface area (TPSA) is 57.2 Å². The van der Waals surface area contributed by atoms with E-state index in [-0.39, 0.29) is 0 Å². The van der Waals surface area contributed by atoms with E-state index in [2.05, 4.69) is 48.6 Å². The Morgan fingerprint density at radius 2 is 1.47 bits per heavy atom. The van der Waals surface area contributed by atoms with E-state index >= 15 is 0 Å². The number of benzene rings is 2. The fourth-order valence-electron chi connectivity index (χ4n) is 3.13. The van der Waals surface area contributed by atoms with Crippen LogP contribution in [0.25, 0.3) is 12.2 Å². The maximum absolute atomic E-state index is 10.2. The van der Waals surface area contributed by atoms with E-state index in [1.807, 2.05) is 18.2 Å². The number of hydrogen-bond acceptors (Lipinski definition) is 5. The molecule has 2 aromatic rings. The lowest BCUT2D eigenvalue weighted by Crippen LogP contribution is -2.42. The highest BCUT2D eigenvalue weighted by Gasteiger charge is 2.36. The number of rotatable bonds is 14. The first-order valence-corrected chi connectivity index (χ1v) is 12.3. The molecule has 0 saturated carbocycles. The second-order valence-electron chi connectivity index (χ2n) is 7.15. The number of aliphatic hydroxyl groups excluding tert-OH is 1. The maximum Gasteiger partial charge on any atom is 0.500 e. The zero-order valence-electron chi connectivity index (χ0n) is 18.3. The summed E-state index contributed by atoms with van der Waals surface area (Å²) in [5, 5.41) is 10.2. The molecule has 0 aliphatic carbocycles. The molecule has 1 atom stereocenters. The Balaban J connectivity index is 1.65. The molecular formula is C24H34O5Si. The molecule has 0 aromatic heterocycles. The first-order valence-electron chi connectivity index (χ1n) is 10.3. The number of aryl methyl sites for hydroxylation is 1. The molecule has 164 valence electrons. The lowest BCUT2D eigenvalue weighted by molar-refractivity contribution is 0.0311. The number of ether oxygens (including phenoxy) is 1. The van der Waals surface area contributed by atoms with Gasteiger partial charge in [0, 0.05) is 34.0 Å². The average Bonchev–Trinajstić information content (AvgIpc) is 2.80. The van der Waals surface area contributed by atoms with E-state index in [1.54, 1.807) is 21.3 Å². The Morgan fingerprint density at radius 1 is 0.867 bits per heavy atom.